The molecule has 6 nitrogen and oxygen atoms in total. The molecule has 1 aliphatic rings. The van der Waals surface area contributed by atoms with Crippen molar-refractivity contribution in [2.24, 2.45) is 0 Å². The number of amides is 1. The van der Waals surface area contributed by atoms with Gasteiger partial charge in [-0.3, -0.25) is 4.79 Å². The molecule has 204 valence electrons. The van der Waals surface area contributed by atoms with Gasteiger partial charge in [0, 0.05) is 38.1 Å². The quantitative estimate of drug-likeness (QED) is 0.354. The van der Waals surface area contributed by atoms with Crippen LogP contribution in [0.5, 0.6) is 0 Å². The van der Waals surface area contributed by atoms with Gasteiger partial charge in [0.15, 0.2) is 11.5 Å². The lowest BCUT2D eigenvalue weighted by molar-refractivity contribution is -0.143. The first-order valence-corrected chi connectivity index (χ1v) is 12.1. The largest absolute Gasteiger partial charge is 0.416 e. The number of hydrogen-bond donors (Lipinski definition) is 0. The van der Waals surface area contributed by atoms with E-state index in [1.165, 1.54) is 4.90 Å². The average molecular weight is 560 g/mol. The number of carbonyl (C=O) groups is 1. The topological polar surface area (TPSA) is 54.3 Å². The molecule has 0 saturated carbocycles. The maximum Gasteiger partial charge on any atom is 0.416 e. The summed E-state index contributed by atoms with van der Waals surface area (Å²) in [6.45, 7) is 0.385. The van der Waals surface area contributed by atoms with Gasteiger partial charge in [-0.2, -0.15) is 26.3 Å². The van der Waals surface area contributed by atoms with Gasteiger partial charge in [0.05, 0.1) is 17.7 Å². The van der Waals surface area contributed by atoms with Gasteiger partial charge in [-0.25, -0.2) is 4.68 Å². The molecule has 1 aromatic heterocycles. The molecular weight excluding hydrogens is 536 g/mol. The van der Waals surface area contributed by atoms with Crippen LogP contribution in [0.1, 0.15) is 51.5 Å². The van der Waals surface area contributed by atoms with E-state index in [1.54, 1.807) is 25.1 Å². The van der Waals surface area contributed by atoms with Crippen molar-refractivity contribution in [1.29, 1.82) is 0 Å². The normalized spacial score (nSPS) is 16.6. The molecule has 2 aromatic carbocycles. The third-order valence-corrected chi connectivity index (χ3v) is 6.71. The number of rotatable bonds is 5. The number of piperidine rings is 1. The smallest absolute Gasteiger partial charge is 0.361 e. The highest BCUT2D eigenvalue weighted by Gasteiger charge is 2.37. The predicted molar refractivity (Wildman–Crippen MR) is 129 cm³/mol. The summed E-state index contributed by atoms with van der Waals surface area (Å²) in [7, 11) is 3.17. The fourth-order valence-corrected chi connectivity index (χ4v) is 4.94. The Balaban J connectivity index is 1.64. The van der Waals surface area contributed by atoms with Crippen molar-refractivity contribution in [2.75, 3.05) is 32.1 Å². The molecule has 0 bridgehead atoms. The number of benzene rings is 2. The van der Waals surface area contributed by atoms with Crippen molar-refractivity contribution < 1.29 is 31.1 Å². The Kier molecular flexibility index (Phi) is 7.64. The fraction of sp³-hybridized carbons (Fsp3) is 0.400. The Morgan fingerprint density at radius 2 is 1.68 bits per heavy atom. The van der Waals surface area contributed by atoms with Crippen LogP contribution < -0.4 is 4.90 Å². The van der Waals surface area contributed by atoms with E-state index in [1.807, 2.05) is 18.2 Å². The van der Waals surface area contributed by atoms with E-state index in [4.69, 9.17) is 11.6 Å². The zero-order valence-electron chi connectivity index (χ0n) is 20.4. The van der Waals surface area contributed by atoms with E-state index < -0.39 is 35.9 Å². The standard InChI is InChI=1S/C25H24ClF6N5O/c1-35(2)22-21(23(38)36-9-5-6-16(14-36)19-7-3-4-8-20(19)26)33-34-37(22)13-15-10-17(24(27,28)29)12-18(11-15)25(30,31)32/h3-4,7-8,10-12,16H,5-6,9,13-14H2,1-2H3/t16-/m0/s1. The minimum Gasteiger partial charge on any atom is -0.361 e. The number of hydrogen-bond acceptors (Lipinski definition) is 4. The highest BCUT2D eigenvalue weighted by atomic mass is 35.5. The molecule has 0 aliphatic carbocycles. The second kappa shape index (κ2) is 10.5. The molecule has 1 amide bonds. The lowest BCUT2D eigenvalue weighted by Crippen LogP contribution is -2.40. The predicted octanol–water partition coefficient (Wildman–Crippen LogP) is 6.10. The highest BCUT2D eigenvalue weighted by molar-refractivity contribution is 6.31. The summed E-state index contributed by atoms with van der Waals surface area (Å²) >= 11 is 6.35. The molecule has 3 aromatic rings. The van der Waals surface area contributed by atoms with Crippen molar-refractivity contribution in [2.45, 2.75) is 37.7 Å². The molecule has 0 radical (unpaired) electrons. The van der Waals surface area contributed by atoms with Crippen LogP contribution in [0.25, 0.3) is 0 Å². The maximum atomic E-state index is 13.5. The van der Waals surface area contributed by atoms with Gasteiger partial charge in [-0.1, -0.05) is 35.0 Å². The molecule has 0 unspecified atom stereocenters. The zero-order valence-corrected chi connectivity index (χ0v) is 21.2. The van der Waals surface area contributed by atoms with Crippen molar-refractivity contribution in [1.82, 2.24) is 19.9 Å². The summed E-state index contributed by atoms with van der Waals surface area (Å²) in [5.41, 5.74) is -2.25. The first kappa shape index (κ1) is 27.7. The van der Waals surface area contributed by atoms with Crippen LogP contribution in [0, 0.1) is 0 Å². The van der Waals surface area contributed by atoms with Gasteiger partial charge in [0.25, 0.3) is 5.91 Å². The molecule has 0 N–H and O–H groups in total. The first-order valence-electron chi connectivity index (χ1n) is 11.7. The molecule has 1 fully saturated rings. The second-order valence-corrected chi connectivity index (χ2v) is 9.75. The molecular formula is C25H24ClF6N5O. The third-order valence-electron chi connectivity index (χ3n) is 6.37. The Hall–Kier alpha value is -3.28. The van der Waals surface area contributed by atoms with E-state index in [0.29, 0.717) is 30.2 Å². The number of aromatic nitrogens is 3. The van der Waals surface area contributed by atoms with Crippen molar-refractivity contribution in [3.05, 3.63) is 75.4 Å². The second-order valence-electron chi connectivity index (χ2n) is 9.34. The Bertz CT molecular complexity index is 1290. The SMILES string of the molecule is CN(C)c1c(C(=O)N2CCC[C@H](c3ccccc3Cl)C2)nnn1Cc1cc(C(F)(F)F)cc(C(F)(F)F)c1. The van der Waals surface area contributed by atoms with Gasteiger partial charge < -0.3 is 9.80 Å². The molecule has 0 spiro atoms. The molecule has 1 atom stereocenters. The van der Waals surface area contributed by atoms with Gasteiger partial charge >= 0.3 is 12.4 Å². The summed E-state index contributed by atoms with van der Waals surface area (Å²) in [6.07, 6.45) is -8.40. The lowest BCUT2D eigenvalue weighted by atomic mass is 9.90. The summed E-state index contributed by atoms with van der Waals surface area (Å²) < 4.78 is 81.0. The van der Waals surface area contributed by atoms with Crippen LogP contribution in [0.4, 0.5) is 32.2 Å². The monoisotopic (exact) mass is 559 g/mol. The first-order chi connectivity index (χ1) is 17.8. The molecule has 4 rings (SSSR count). The van der Waals surface area contributed by atoms with E-state index >= 15 is 0 Å². The molecule has 13 heteroatoms. The molecule has 1 saturated heterocycles. The molecule has 38 heavy (non-hydrogen) atoms. The molecule has 2 heterocycles. The number of carbonyl (C=O) groups excluding carboxylic acids is 1. The van der Waals surface area contributed by atoms with Crippen LogP contribution in [0.15, 0.2) is 42.5 Å². The van der Waals surface area contributed by atoms with Gasteiger partial charge in [-0.15, -0.1) is 5.10 Å². The summed E-state index contributed by atoms with van der Waals surface area (Å²) in [5, 5.41) is 8.50. The minimum absolute atomic E-state index is 0.00477. The number of alkyl halides is 6. The van der Waals surface area contributed by atoms with Crippen molar-refractivity contribution >= 4 is 23.3 Å². The van der Waals surface area contributed by atoms with E-state index in [2.05, 4.69) is 10.3 Å². The zero-order chi connectivity index (χ0) is 27.8. The number of nitrogens with zero attached hydrogens (tertiary/aromatic N) is 5. The van der Waals surface area contributed by atoms with Crippen molar-refractivity contribution in [3.63, 3.8) is 0 Å². The fourth-order valence-electron chi connectivity index (χ4n) is 4.65. The highest BCUT2D eigenvalue weighted by Crippen LogP contribution is 2.37. The van der Waals surface area contributed by atoms with Crippen LogP contribution in [0.2, 0.25) is 5.02 Å². The Morgan fingerprint density at radius 3 is 2.26 bits per heavy atom. The van der Waals surface area contributed by atoms with E-state index in [9.17, 15) is 31.1 Å². The Morgan fingerprint density at radius 1 is 1.05 bits per heavy atom. The Labute approximate surface area is 219 Å². The summed E-state index contributed by atoms with van der Waals surface area (Å²) in [4.78, 5) is 16.6. The van der Waals surface area contributed by atoms with Crippen LogP contribution >= 0.6 is 11.6 Å². The van der Waals surface area contributed by atoms with E-state index in [0.717, 1.165) is 23.1 Å². The third kappa shape index (κ3) is 5.90. The molecule has 1 aliphatic heterocycles. The van der Waals surface area contributed by atoms with Gasteiger partial charge in [0.1, 0.15) is 0 Å². The summed E-state index contributed by atoms with van der Waals surface area (Å²) in [6, 6.07) is 8.72. The average Bonchev–Trinajstić information content (AvgIpc) is 3.26. The van der Waals surface area contributed by atoms with Crippen LogP contribution in [0.3, 0.4) is 0 Å². The van der Waals surface area contributed by atoms with E-state index in [-0.39, 0.29) is 29.1 Å². The maximum absolute atomic E-state index is 13.5. The number of likely N-dealkylation sites (tertiary alicyclic amines) is 1. The van der Waals surface area contributed by atoms with Crippen LogP contribution in [-0.2, 0) is 18.9 Å². The van der Waals surface area contributed by atoms with Crippen molar-refractivity contribution in [3.8, 4) is 0 Å². The van der Waals surface area contributed by atoms with Gasteiger partial charge in [0.2, 0.25) is 0 Å². The number of halogens is 7. The lowest BCUT2D eigenvalue weighted by Gasteiger charge is -2.33. The van der Waals surface area contributed by atoms with Crippen LogP contribution in [-0.4, -0.2) is 53.0 Å². The van der Waals surface area contributed by atoms with Gasteiger partial charge in [-0.05, 0) is 48.2 Å². The minimum atomic E-state index is -4.98. The summed E-state index contributed by atoms with van der Waals surface area (Å²) in [5.74, 6) is -0.261. The number of anilines is 1.